The average molecular weight is 235 g/mol. The number of aryl methyl sites for hydroxylation is 1. The third-order valence-electron chi connectivity index (χ3n) is 3.03. The molecule has 2 rings (SSSR count). The van der Waals surface area contributed by atoms with Crippen LogP contribution in [0.2, 0.25) is 0 Å². The van der Waals surface area contributed by atoms with E-state index in [9.17, 15) is 0 Å². The quantitative estimate of drug-likeness (QED) is 0.838. The third kappa shape index (κ3) is 3.77. The molecule has 0 aromatic carbocycles. The summed E-state index contributed by atoms with van der Waals surface area (Å²) in [5, 5.41) is 3.17. The molecule has 4 nitrogen and oxygen atoms in total. The molecule has 0 saturated carbocycles. The molecule has 4 heteroatoms. The van der Waals surface area contributed by atoms with Gasteiger partial charge in [0.05, 0.1) is 12.7 Å². The van der Waals surface area contributed by atoms with Gasteiger partial charge in [0.1, 0.15) is 0 Å². The van der Waals surface area contributed by atoms with Crippen molar-refractivity contribution in [2.24, 2.45) is 0 Å². The first-order chi connectivity index (χ1) is 8.28. The van der Waals surface area contributed by atoms with Crippen LogP contribution in [0.4, 0.5) is 0 Å². The molecule has 0 bridgehead atoms. The second kappa shape index (κ2) is 6.10. The molecule has 0 spiro atoms. The summed E-state index contributed by atoms with van der Waals surface area (Å²) in [5.74, 6) is 0. The van der Waals surface area contributed by atoms with Crippen LogP contribution >= 0.6 is 0 Å². The van der Waals surface area contributed by atoms with Gasteiger partial charge in [-0.3, -0.25) is 9.88 Å². The zero-order chi connectivity index (χ0) is 12.1. The molecule has 1 aromatic heterocycles. The lowest BCUT2D eigenvalue weighted by atomic mass is 10.2. The van der Waals surface area contributed by atoms with Crippen molar-refractivity contribution in [3.8, 4) is 0 Å². The molecular weight excluding hydrogens is 214 g/mol. The van der Waals surface area contributed by atoms with Crippen molar-refractivity contribution in [2.45, 2.75) is 19.6 Å². The van der Waals surface area contributed by atoms with Crippen molar-refractivity contribution in [2.75, 3.05) is 33.3 Å². The first kappa shape index (κ1) is 12.5. The summed E-state index contributed by atoms with van der Waals surface area (Å²) in [6.07, 6.45) is 2.28. The van der Waals surface area contributed by atoms with E-state index >= 15 is 0 Å². The highest BCUT2D eigenvalue weighted by Crippen LogP contribution is 2.09. The number of nitrogens with zero attached hydrogens (tertiary/aromatic N) is 2. The van der Waals surface area contributed by atoms with E-state index in [1.807, 2.05) is 20.2 Å². The van der Waals surface area contributed by atoms with Crippen LogP contribution in [-0.4, -0.2) is 49.3 Å². The van der Waals surface area contributed by atoms with Crippen LogP contribution in [0.15, 0.2) is 18.3 Å². The third-order valence-corrected chi connectivity index (χ3v) is 3.03. The van der Waals surface area contributed by atoms with Crippen LogP contribution in [0.25, 0.3) is 0 Å². The lowest BCUT2D eigenvalue weighted by Gasteiger charge is -2.32. The lowest BCUT2D eigenvalue weighted by Crippen LogP contribution is -2.45. The second-order valence-corrected chi connectivity index (χ2v) is 4.59. The van der Waals surface area contributed by atoms with E-state index in [4.69, 9.17) is 4.74 Å². The Morgan fingerprint density at radius 3 is 3.12 bits per heavy atom. The van der Waals surface area contributed by atoms with Crippen LogP contribution in [0.5, 0.6) is 0 Å². The predicted molar refractivity (Wildman–Crippen MR) is 67.9 cm³/mol. The largest absolute Gasteiger partial charge is 0.374 e. The number of aromatic nitrogens is 1. The van der Waals surface area contributed by atoms with Gasteiger partial charge in [-0.2, -0.15) is 0 Å². The number of nitrogens with one attached hydrogen (secondary N) is 1. The summed E-state index contributed by atoms with van der Waals surface area (Å²) in [6.45, 7) is 6.73. The number of rotatable bonds is 4. The van der Waals surface area contributed by atoms with E-state index in [-0.39, 0.29) is 0 Å². The molecule has 1 fully saturated rings. The molecular formula is C13H21N3O. The smallest absolute Gasteiger partial charge is 0.0826 e. The highest BCUT2D eigenvalue weighted by atomic mass is 16.5. The lowest BCUT2D eigenvalue weighted by molar-refractivity contribution is -0.0291. The molecule has 1 aliphatic rings. The van der Waals surface area contributed by atoms with E-state index < -0.39 is 0 Å². The Morgan fingerprint density at radius 2 is 2.41 bits per heavy atom. The number of hydrogen-bond acceptors (Lipinski definition) is 4. The SMILES string of the molecule is CNCC1CN(Cc2ccc(C)nc2)CCO1. The van der Waals surface area contributed by atoms with Gasteiger partial charge >= 0.3 is 0 Å². The molecule has 1 aromatic rings. The van der Waals surface area contributed by atoms with Gasteiger partial charge in [-0.05, 0) is 25.6 Å². The minimum Gasteiger partial charge on any atom is -0.374 e. The Hall–Kier alpha value is -0.970. The van der Waals surface area contributed by atoms with Gasteiger partial charge in [-0.25, -0.2) is 0 Å². The predicted octanol–water partition coefficient (Wildman–Crippen LogP) is 0.810. The highest BCUT2D eigenvalue weighted by molar-refractivity contribution is 5.13. The van der Waals surface area contributed by atoms with Crippen LogP contribution in [-0.2, 0) is 11.3 Å². The van der Waals surface area contributed by atoms with E-state index in [2.05, 4.69) is 27.3 Å². The average Bonchev–Trinajstić information content (AvgIpc) is 2.33. The molecule has 1 atom stereocenters. The van der Waals surface area contributed by atoms with E-state index in [0.717, 1.165) is 38.5 Å². The van der Waals surface area contributed by atoms with E-state index in [1.165, 1.54) is 5.56 Å². The summed E-state index contributed by atoms with van der Waals surface area (Å²) >= 11 is 0. The number of morpholine rings is 1. The maximum absolute atomic E-state index is 5.69. The van der Waals surface area contributed by atoms with Gasteiger partial charge in [-0.1, -0.05) is 6.07 Å². The van der Waals surface area contributed by atoms with Gasteiger partial charge < -0.3 is 10.1 Å². The number of likely N-dealkylation sites (N-methyl/N-ethyl adjacent to an activating group) is 1. The zero-order valence-electron chi connectivity index (χ0n) is 10.6. The highest BCUT2D eigenvalue weighted by Gasteiger charge is 2.19. The molecule has 1 unspecified atom stereocenters. The fraction of sp³-hybridized carbons (Fsp3) is 0.615. The topological polar surface area (TPSA) is 37.4 Å². The fourth-order valence-electron chi connectivity index (χ4n) is 2.13. The molecule has 1 aliphatic heterocycles. The normalized spacial score (nSPS) is 21.6. The van der Waals surface area contributed by atoms with Gasteiger partial charge in [-0.15, -0.1) is 0 Å². The summed E-state index contributed by atoms with van der Waals surface area (Å²) < 4.78 is 5.69. The Morgan fingerprint density at radius 1 is 1.53 bits per heavy atom. The number of hydrogen-bond donors (Lipinski definition) is 1. The molecule has 1 saturated heterocycles. The minimum absolute atomic E-state index is 0.312. The number of pyridine rings is 1. The molecule has 94 valence electrons. The van der Waals surface area contributed by atoms with Crippen molar-refractivity contribution in [1.82, 2.24) is 15.2 Å². The van der Waals surface area contributed by atoms with E-state index in [0.29, 0.717) is 6.10 Å². The molecule has 1 N–H and O–H groups in total. The maximum Gasteiger partial charge on any atom is 0.0826 e. The molecule has 0 radical (unpaired) electrons. The Labute approximate surface area is 103 Å². The van der Waals surface area contributed by atoms with Crippen LogP contribution < -0.4 is 5.32 Å². The second-order valence-electron chi connectivity index (χ2n) is 4.59. The van der Waals surface area contributed by atoms with Crippen molar-refractivity contribution in [3.63, 3.8) is 0 Å². The van der Waals surface area contributed by atoms with Crippen LogP contribution in [0.3, 0.4) is 0 Å². The van der Waals surface area contributed by atoms with E-state index in [1.54, 1.807) is 0 Å². The standard InChI is InChI=1S/C13H21N3O/c1-11-3-4-12(7-15-11)9-16-5-6-17-13(10-16)8-14-2/h3-4,7,13-14H,5-6,8-10H2,1-2H3. The summed E-state index contributed by atoms with van der Waals surface area (Å²) in [4.78, 5) is 6.76. The Kier molecular flexibility index (Phi) is 4.48. The fourth-order valence-corrected chi connectivity index (χ4v) is 2.13. The Bertz CT molecular complexity index is 337. The molecule has 17 heavy (non-hydrogen) atoms. The first-order valence-corrected chi connectivity index (χ1v) is 6.18. The molecule has 0 amide bonds. The van der Waals surface area contributed by atoms with Crippen molar-refractivity contribution >= 4 is 0 Å². The summed E-state index contributed by atoms with van der Waals surface area (Å²) in [6, 6.07) is 4.23. The summed E-state index contributed by atoms with van der Waals surface area (Å²) in [5.41, 5.74) is 2.35. The first-order valence-electron chi connectivity index (χ1n) is 6.18. The van der Waals surface area contributed by atoms with Crippen molar-refractivity contribution < 1.29 is 4.74 Å². The Balaban J connectivity index is 1.87. The van der Waals surface area contributed by atoms with Crippen molar-refractivity contribution in [1.29, 1.82) is 0 Å². The van der Waals surface area contributed by atoms with Gasteiger partial charge in [0, 0.05) is 38.1 Å². The monoisotopic (exact) mass is 235 g/mol. The van der Waals surface area contributed by atoms with Gasteiger partial charge in [0.25, 0.3) is 0 Å². The van der Waals surface area contributed by atoms with Gasteiger partial charge in [0.15, 0.2) is 0 Å². The summed E-state index contributed by atoms with van der Waals surface area (Å²) in [7, 11) is 1.96. The van der Waals surface area contributed by atoms with Crippen LogP contribution in [0.1, 0.15) is 11.3 Å². The maximum atomic E-state index is 5.69. The van der Waals surface area contributed by atoms with Gasteiger partial charge in [0.2, 0.25) is 0 Å². The van der Waals surface area contributed by atoms with Crippen LogP contribution in [0, 0.1) is 6.92 Å². The number of ether oxygens (including phenoxy) is 1. The zero-order valence-corrected chi connectivity index (χ0v) is 10.6. The van der Waals surface area contributed by atoms with Crippen molar-refractivity contribution in [3.05, 3.63) is 29.6 Å². The minimum atomic E-state index is 0.312. The molecule has 2 heterocycles. The molecule has 0 aliphatic carbocycles.